The molecule has 2 atom stereocenters. The number of ether oxygens (including phenoxy) is 2. The molecule has 2 aliphatic rings. The lowest BCUT2D eigenvalue weighted by molar-refractivity contribution is -0.00461. The third-order valence-electron chi connectivity index (χ3n) is 5.33. The number of nitrogens with zero attached hydrogens (tertiary/aromatic N) is 2. The number of hydrogen-bond donors (Lipinski definition) is 1. The summed E-state index contributed by atoms with van der Waals surface area (Å²) in [4.78, 5) is 5.07. The second-order valence-corrected chi connectivity index (χ2v) is 6.51. The number of likely N-dealkylation sites (tertiary alicyclic amines) is 2. The minimum atomic E-state index is 0.134. The third kappa shape index (κ3) is 3.02. The molecular weight excluding hydrogens is 254 g/mol. The lowest BCUT2D eigenvalue weighted by atomic mass is 9.85. The Labute approximate surface area is 123 Å². The summed E-state index contributed by atoms with van der Waals surface area (Å²) in [7, 11) is 3.55. The quantitative estimate of drug-likeness (QED) is 0.799. The molecule has 5 heteroatoms. The van der Waals surface area contributed by atoms with Crippen LogP contribution in [0.25, 0.3) is 0 Å². The number of hydrogen-bond acceptors (Lipinski definition) is 5. The van der Waals surface area contributed by atoms with E-state index in [2.05, 4.69) is 23.6 Å². The first-order chi connectivity index (χ1) is 9.56. The Balaban J connectivity index is 2.02. The van der Waals surface area contributed by atoms with E-state index >= 15 is 0 Å². The van der Waals surface area contributed by atoms with Crippen LogP contribution in [0.4, 0.5) is 0 Å². The Morgan fingerprint density at radius 3 is 1.95 bits per heavy atom. The van der Waals surface area contributed by atoms with Gasteiger partial charge in [-0.25, -0.2) is 0 Å². The van der Waals surface area contributed by atoms with Gasteiger partial charge >= 0.3 is 0 Å². The van der Waals surface area contributed by atoms with Gasteiger partial charge in [0.15, 0.2) is 0 Å². The molecule has 2 aliphatic heterocycles. The van der Waals surface area contributed by atoms with Crippen molar-refractivity contribution in [3.05, 3.63) is 0 Å². The molecule has 2 rings (SSSR count). The number of piperidine rings is 1. The standard InChI is InChI=1S/C15H31N3O2/c1-12(2)17-7-5-15(11-16,6-8-17)18-9-13(19-3)14(10-18)20-4/h12-14H,5-11,16H2,1-4H3. The zero-order valence-electron chi connectivity index (χ0n) is 13.5. The summed E-state index contributed by atoms with van der Waals surface area (Å²) in [5, 5.41) is 0. The molecule has 0 radical (unpaired) electrons. The van der Waals surface area contributed by atoms with Gasteiger partial charge in [-0.3, -0.25) is 4.90 Å². The van der Waals surface area contributed by atoms with Crippen LogP contribution < -0.4 is 5.73 Å². The van der Waals surface area contributed by atoms with E-state index in [1.165, 1.54) is 0 Å². The zero-order chi connectivity index (χ0) is 14.8. The monoisotopic (exact) mass is 285 g/mol. The maximum atomic E-state index is 6.17. The Morgan fingerprint density at radius 2 is 1.60 bits per heavy atom. The van der Waals surface area contributed by atoms with Gasteiger partial charge in [-0.2, -0.15) is 0 Å². The minimum Gasteiger partial charge on any atom is -0.377 e. The van der Waals surface area contributed by atoms with Gasteiger partial charge in [-0.05, 0) is 26.7 Å². The maximum Gasteiger partial charge on any atom is 0.0972 e. The summed E-state index contributed by atoms with van der Waals surface area (Å²) in [5.41, 5.74) is 6.31. The van der Waals surface area contributed by atoms with Crippen molar-refractivity contribution in [1.29, 1.82) is 0 Å². The van der Waals surface area contributed by atoms with Gasteiger partial charge in [-0.1, -0.05) is 0 Å². The van der Waals surface area contributed by atoms with Gasteiger partial charge in [0, 0.05) is 58.5 Å². The molecule has 0 aromatic carbocycles. The maximum absolute atomic E-state index is 6.17. The molecular formula is C15H31N3O2. The summed E-state index contributed by atoms with van der Waals surface area (Å²) in [6.45, 7) is 9.43. The molecule has 2 heterocycles. The molecule has 118 valence electrons. The first-order valence-corrected chi connectivity index (χ1v) is 7.81. The Kier molecular flexibility index (Phi) is 5.42. The van der Waals surface area contributed by atoms with E-state index in [4.69, 9.17) is 15.2 Å². The molecule has 2 N–H and O–H groups in total. The fourth-order valence-corrected chi connectivity index (χ4v) is 3.69. The third-order valence-corrected chi connectivity index (χ3v) is 5.33. The average Bonchev–Trinajstić information content (AvgIpc) is 2.91. The predicted octanol–water partition coefficient (Wildman–Crippen LogP) is 0.534. The van der Waals surface area contributed by atoms with Crippen LogP contribution >= 0.6 is 0 Å². The molecule has 0 aliphatic carbocycles. The summed E-state index contributed by atoms with van der Waals surface area (Å²) < 4.78 is 11.1. The van der Waals surface area contributed by atoms with Crippen molar-refractivity contribution in [2.45, 2.75) is 50.5 Å². The van der Waals surface area contributed by atoms with Crippen LogP contribution in [0, 0.1) is 0 Å². The summed E-state index contributed by atoms with van der Waals surface area (Å²) in [5.74, 6) is 0. The molecule has 0 saturated carbocycles. The molecule has 0 amide bonds. The highest BCUT2D eigenvalue weighted by molar-refractivity contribution is 5.02. The smallest absolute Gasteiger partial charge is 0.0972 e. The summed E-state index contributed by atoms with van der Waals surface area (Å²) in [6, 6.07) is 0.628. The molecule has 2 saturated heterocycles. The van der Waals surface area contributed by atoms with Gasteiger partial charge in [0.05, 0.1) is 12.2 Å². The van der Waals surface area contributed by atoms with Crippen molar-refractivity contribution in [1.82, 2.24) is 9.80 Å². The van der Waals surface area contributed by atoms with Gasteiger partial charge in [0.2, 0.25) is 0 Å². The van der Waals surface area contributed by atoms with E-state index < -0.39 is 0 Å². The van der Waals surface area contributed by atoms with Crippen molar-refractivity contribution in [3.8, 4) is 0 Å². The van der Waals surface area contributed by atoms with E-state index in [1.54, 1.807) is 14.2 Å². The second kappa shape index (κ2) is 6.71. The van der Waals surface area contributed by atoms with Crippen LogP contribution in [-0.4, -0.2) is 80.5 Å². The summed E-state index contributed by atoms with van der Waals surface area (Å²) in [6.07, 6.45) is 2.64. The van der Waals surface area contributed by atoms with Crippen LogP contribution in [0.2, 0.25) is 0 Å². The molecule has 2 fully saturated rings. The van der Waals surface area contributed by atoms with Crippen LogP contribution in [0.1, 0.15) is 26.7 Å². The summed E-state index contributed by atoms with van der Waals surface area (Å²) >= 11 is 0. The van der Waals surface area contributed by atoms with Crippen molar-refractivity contribution in [3.63, 3.8) is 0 Å². The Hall–Kier alpha value is -0.200. The fourth-order valence-electron chi connectivity index (χ4n) is 3.69. The van der Waals surface area contributed by atoms with Crippen LogP contribution in [0.5, 0.6) is 0 Å². The van der Waals surface area contributed by atoms with E-state index in [-0.39, 0.29) is 17.7 Å². The molecule has 5 nitrogen and oxygen atoms in total. The normalized spacial score (nSPS) is 32.1. The highest BCUT2D eigenvalue weighted by Crippen LogP contribution is 2.33. The van der Waals surface area contributed by atoms with Crippen molar-refractivity contribution in [2.75, 3.05) is 46.9 Å². The molecule has 2 unspecified atom stereocenters. The molecule has 0 spiro atoms. The lowest BCUT2D eigenvalue weighted by Gasteiger charge is -2.48. The second-order valence-electron chi connectivity index (χ2n) is 6.51. The fraction of sp³-hybridized carbons (Fsp3) is 1.00. The van der Waals surface area contributed by atoms with Crippen LogP contribution in [-0.2, 0) is 9.47 Å². The first-order valence-electron chi connectivity index (χ1n) is 7.81. The lowest BCUT2D eigenvalue weighted by Crippen LogP contribution is -2.59. The van der Waals surface area contributed by atoms with Gasteiger partial charge in [0.25, 0.3) is 0 Å². The van der Waals surface area contributed by atoms with Crippen molar-refractivity contribution >= 4 is 0 Å². The molecule has 0 aromatic heterocycles. The van der Waals surface area contributed by atoms with Crippen molar-refractivity contribution < 1.29 is 9.47 Å². The van der Waals surface area contributed by atoms with Gasteiger partial charge < -0.3 is 20.1 Å². The van der Waals surface area contributed by atoms with E-state index in [9.17, 15) is 0 Å². The van der Waals surface area contributed by atoms with E-state index in [1.807, 2.05) is 0 Å². The van der Waals surface area contributed by atoms with Crippen LogP contribution in [0.15, 0.2) is 0 Å². The van der Waals surface area contributed by atoms with Crippen LogP contribution in [0.3, 0.4) is 0 Å². The van der Waals surface area contributed by atoms with E-state index in [0.717, 1.165) is 45.6 Å². The largest absolute Gasteiger partial charge is 0.377 e. The molecule has 20 heavy (non-hydrogen) atoms. The highest BCUT2D eigenvalue weighted by Gasteiger charge is 2.45. The van der Waals surface area contributed by atoms with Gasteiger partial charge in [-0.15, -0.1) is 0 Å². The molecule has 0 aromatic rings. The van der Waals surface area contributed by atoms with Gasteiger partial charge in [0.1, 0.15) is 0 Å². The zero-order valence-corrected chi connectivity index (χ0v) is 13.5. The Morgan fingerprint density at radius 1 is 1.10 bits per heavy atom. The Bertz CT molecular complexity index is 291. The average molecular weight is 285 g/mol. The molecule has 0 bridgehead atoms. The highest BCUT2D eigenvalue weighted by atomic mass is 16.5. The SMILES string of the molecule is COC1CN(C2(CN)CCN(C(C)C)CC2)CC1OC. The minimum absolute atomic E-state index is 0.134. The predicted molar refractivity (Wildman–Crippen MR) is 80.9 cm³/mol. The topological polar surface area (TPSA) is 51.0 Å². The number of methoxy groups -OCH3 is 2. The van der Waals surface area contributed by atoms with Crippen molar-refractivity contribution in [2.24, 2.45) is 5.73 Å². The first kappa shape index (κ1) is 16.2. The van der Waals surface area contributed by atoms with E-state index in [0.29, 0.717) is 6.04 Å². The number of nitrogens with two attached hydrogens (primary N) is 1. The number of rotatable bonds is 5.